The van der Waals surface area contributed by atoms with Crippen molar-refractivity contribution in [3.05, 3.63) is 53.6 Å². The van der Waals surface area contributed by atoms with E-state index in [-0.39, 0.29) is 18.3 Å². The highest BCUT2D eigenvalue weighted by Gasteiger charge is 2.15. The molecule has 0 aliphatic carbocycles. The van der Waals surface area contributed by atoms with Crippen LogP contribution in [0.25, 0.3) is 11.3 Å². The Morgan fingerprint density at radius 1 is 1.04 bits per heavy atom. The topological polar surface area (TPSA) is 86.5 Å². The van der Waals surface area contributed by atoms with Gasteiger partial charge in [0.2, 0.25) is 5.82 Å². The number of benzene rings is 2. The maximum Gasteiger partial charge on any atom is 0.263 e. The fourth-order valence-electron chi connectivity index (χ4n) is 2.18. The molecular weight excluding hydrogens is 358 g/mol. The van der Waals surface area contributed by atoms with Gasteiger partial charge in [0, 0.05) is 10.6 Å². The Morgan fingerprint density at radius 2 is 1.69 bits per heavy atom. The van der Waals surface area contributed by atoms with Crippen molar-refractivity contribution in [2.45, 2.75) is 6.92 Å². The highest BCUT2D eigenvalue weighted by atomic mass is 35.5. The summed E-state index contributed by atoms with van der Waals surface area (Å²) < 4.78 is 15.5. The fourth-order valence-corrected chi connectivity index (χ4v) is 2.31. The Hall–Kier alpha value is -3.06. The van der Waals surface area contributed by atoms with E-state index in [1.54, 1.807) is 24.3 Å². The lowest BCUT2D eigenvalue weighted by molar-refractivity contribution is -0.118. The number of carbonyl (C=O) groups excluding carboxylic acids is 1. The molecule has 1 heterocycles. The lowest BCUT2D eigenvalue weighted by Crippen LogP contribution is -2.20. The number of hydrogen-bond acceptors (Lipinski definition) is 6. The normalized spacial score (nSPS) is 10.4. The number of hydrogen-bond donors (Lipinski definition) is 1. The largest absolute Gasteiger partial charge is 0.494 e. The number of nitrogens with zero attached hydrogens (tertiary/aromatic N) is 2. The number of ether oxygens (including phenoxy) is 2. The SMILES string of the molecule is CCOc1ccc(-c2nonc2NC(=O)COc2ccc(Cl)cc2)cc1. The summed E-state index contributed by atoms with van der Waals surface area (Å²) in [6.07, 6.45) is 0. The molecule has 0 fully saturated rings. The molecule has 0 unspecified atom stereocenters. The van der Waals surface area contributed by atoms with Crippen LogP contribution in [0, 0.1) is 0 Å². The Bertz CT molecular complexity index is 863. The van der Waals surface area contributed by atoms with Crippen molar-refractivity contribution in [2.24, 2.45) is 0 Å². The molecule has 1 aromatic heterocycles. The second-order valence-electron chi connectivity index (χ2n) is 5.21. The molecule has 0 bridgehead atoms. The van der Waals surface area contributed by atoms with Gasteiger partial charge in [-0.05, 0) is 65.8 Å². The second-order valence-corrected chi connectivity index (χ2v) is 5.65. The summed E-state index contributed by atoms with van der Waals surface area (Å²) in [7, 11) is 0. The van der Waals surface area contributed by atoms with Gasteiger partial charge < -0.3 is 14.8 Å². The predicted octanol–water partition coefficient (Wildman–Crippen LogP) is 3.81. The van der Waals surface area contributed by atoms with E-state index >= 15 is 0 Å². The van der Waals surface area contributed by atoms with E-state index in [1.807, 2.05) is 31.2 Å². The minimum absolute atomic E-state index is 0.183. The van der Waals surface area contributed by atoms with Gasteiger partial charge in [-0.15, -0.1) is 0 Å². The predicted molar refractivity (Wildman–Crippen MR) is 96.5 cm³/mol. The third kappa shape index (κ3) is 4.52. The first-order valence-electron chi connectivity index (χ1n) is 7.89. The summed E-state index contributed by atoms with van der Waals surface area (Å²) in [6.45, 7) is 2.31. The molecule has 0 aliphatic heterocycles. The van der Waals surface area contributed by atoms with Crippen LogP contribution in [-0.2, 0) is 4.79 Å². The van der Waals surface area contributed by atoms with Gasteiger partial charge in [0.15, 0.2) is 12.3 Å². The highest BCUT2D eigenvalue weighted by molar-refractivity contribution is 6.30. The van der Waals surface area contributed by atoms with Gasteiger partial charge in [0.05, 0.1) is 6.61 Å². The average Bonchev–Trinajstić information content (AvgIpc) is 3.10. The average molecular weight is 374 g/mol. The second kappa shape index (κ2) is 8.35. The van der Waals surface area contributed by atoms with E-state index in [0.717, 1.165) is 11.3 Å². The van der Waals surface area contributed by atoms with Crippen molar-refractivity contribution < 1.29 is 18.9 Å². The molecule has 7 nitrogen and oxygen atoms in total. The van der Waals surface area contributed by atoms with E-state index < -0.39 is 0 Å². The van der Waals surface area contributed by atoms with Gasteiger partial charge in [-0.2, -0.15) is 0 Å². The minimum Gasteiger partial charge on any atom is -0.494 e. The monoisotopic (exact) mass is 373 g/mol. The van der Waals surface area contributed by atoms with E-state index in [4.69, 9.17) is 25.7 Å². The maximum absolute atomic E-state index is 12.1. The summed E-state index contributed by atoms with van der Waals surface area (Å²) in [4.78, 5) is 12.1. The number of halogens is 1. The summed E-state index contributed by atoms with van der Waals surface area (Å²) in [6, 6.07) is 14.0. The van der Waals surface area contributed by atoms with Crippen LogP contribution in [0.5, 0.6) is 11.5 Å². The Kier molecular flexibility index (Phi) is 5.70. The Balaban J connectivity index is 1.62. The number of amides is 1. The molecule has 0 saturated heterocycles. The molecule has 3 aromatic rings. The third-order valence-corrected chi connectivity index (χ3v) is 3.62. The first kappa shape index (κ1) is 17.8. The Morgan fingerprint density at radius 3 is 2.38 bits per heavy atom. The van der Waals surface area contributed by atoms with Crippen LogP contribution in [0.1, 0.15) is 6.92 Å². The van der Waals surface area contributed by atoms with Crippen LogP contribution in [0.4, 0.5) is 5.82 Å². The molecular formula is C18H16ClN3O4. The van der Waals surface area contributed by atoms with Crippen LogP contribution in [-0.4, -0.2) is 29.4 Å². The molecule has 0 saturated carbocycles. The first-order chi connectivity index (χ1) is 12.7. The van der Waals surface area contributed by atoms with Crippen molar-refractivity contribution in [1.82, 2.24) is 10.3 Å². The van der Waals surface area contributed by atoms with Crippen LogP contribution in [0.2, 0.25) is 5.02 Å². The molecule has 1 amide bonds. The lowest BCUT2D eigenvalue weighted by atomic mass is 10.1. The number of rotatable bonds is 7. The molecule has 3 rings (SSSR count). The molecule has 26 heavy (non-hydrogen) atoms. The number of aromatic nitrogens is 2. The summed E-state index contributed by atoms with van der Waals surface area (Å²) >= 11 is 5.80. The van der Waals surface area contributed by atoms with Gasteiger partial charge in [-0.3, -0.25) is 4.79 Å². The van der Waals surface area contributed by atoms with Crippen LogP contribution in [0.3, 0.4) is 0 Å². The zero-order valence-corrected chi connectivity index (χ0v) is 14.7. The molecule has 0 spiro atoms. The zero-order chi connectivity index (χ0) is 18.4. The van der Waals surface area contributed by atoms with Crippen molar-refractivity contribution in [3.63, 3.8) is 0 Å². The van der Waals surface area contributed by atoms with Crippen LogP contribution < -0.4 is 14.8 Å². The zero-order valence-electron chi connectivity index (χ0n) is 13.9. The Labute approximate surface area is 154 Å². The van der Waals surface area contributed by atoms with Crippen molar-refractivity contribution >= 4 is 23.3 Å². The number of anilines is 1. The highest BCUT2D eigenvalue weighted by Crippen LogP contribution is 2.26. The third-order valence-electron chi connectivity index (χ3n) is 3.37. The standard InChI is InChI=1S/C18H16ClN3O4/c1-2-24-14-7-3-12(4-8-14)17-18(22-26-21-17)20-16(23)11-25-15-9-5-13(19)6-10-15/h3-10H,2,11H2,1H3,(H,20,22,23). The quantitative estimate of drug-likeness (QED) is 0.677. The lowest BCUT2D eigenvalue weighted by Gasteiger charge is -2.07. The van der Waals surface area contributed by atoms with Gasteiger partial charge in [-0.1, -0.05) is 11.6 Å². The van der Waals surface area contributed by atoms with Crippen LogP contribution in [0.15, 0.2) is 53.2 Å². The van der Waals surface area contributed by atoms with Crippen molar-refractivity contribution in [1.29, 1.82) is 0 Å². The van der Waals surface area contributed by atoms with Gasteiger partial charge in [-0.25, -0.2) is 4.63 Å². The fraction of sp³-hybridized carbons (Fsp3) is 0.167. The summed E-state index contributed by atoms with van der Waals surface area (Å²) in [5, 5.41) is 10.8. The number of carbonyl (C=O) groups is 1. The summed E-state index contributed by atoms with van der Waals surface area (Å²) in [5.74, 6) is 1.12. The van der Waals surface area contributed by atoms with Crippen LogP contribution >= 0.6 is 11.6 Å². The van der Waals surface area contributed by atoms with Crippen molar-refractivity contribution in [2.75, 3.05) is 18.5 Å². The molecule has 134 valence electrons. The molecule has 1 N–H and O–H groups in total. The van der Waals surface area contributed by atoms with E-state index in [1.165, 1.54) is 0 Å². The van der Waals surface area contributed by atoms with E-state index in [0.29, 0.717) is 23.1 Å². The minimum atomic E-state index is -0.386. The van der Waals surface area contributed by atoms with Gasteiger partial charge in [0.25, 0.3) is 5.91 Å². The summed E-state index contributed by atoms with van der Waals surface area (Å²) in [5.41, 5.74) is 1.16. The van der Waals surface area contributed by atoms with Gasteiger partial charge >= 0.3 is 0 Å². The van der Waals surface area contributed by atoms with Crippen molar-refractivity contribution in [3.8, 4) is 22.8 Å². The van der Waals surface area contributed by atoms with Gasteiger partial charge in [0.1, 0.15) is 11.5 Å². The maximum atomic E-state index is 12.1. The first-order valence-corrected chi connectivity index (χ1v) is 8.27. The van der Waals surface area contributed by atoms with E-state index in [9.17, 15) is 4.79 Å². The molecule has 2 aromatic carbocycles. The number of nitrogens with one attached hydrogen (secondary N) is 1. The molecule has 0 radical (unpaired) electrons. The smallest absolute Gasteiger partial charge is 0.263 e. The van der Waals surface area contributed by atoms with E-state index in [2.05, 4.69) is 15.6 Å². The molecule has 0 atom stereocenters. The molecule has 0 aliphatic rings. The molecule has 8 heteroatoms.